The number of nitrogen functional groups attached to an aromatic ring is 1. The van der Waals surface area contributed by atoms with E-state index in [0.717, 1.165) is 27.8 Å². The Balaban J connectivity index is 1.53. The van der Waals surface area contributed by atoms with Crippen molar-refractivity contribution in [1.29, 1.82) is 0 Å². The molecule has 0 saturated carbocycles. The molecule has 0 radical (unpaired) electrons. The number of carbonyl (C=O) groups is 3. The first-order valence-electron chi connectivity index (χ1n) is 8.13. The van der Waals surface area contributed by atoms with Gasteiger partial charge in [-0.25, -0.2) is 9.78 Å². The minimum Gasteiger partial charge on any atom is -0.477 e. The lowest BCUT2D eigenvalue weighted by Crippen LogP contribution is -2.71. The van der Waals surface area contributed by atoms with Gasteiger partial charge in [-0.3, -0.25) is 14.5 Å². The predicted molar refractivity (Wildman–Crippen MR) is 115 cm³/mol. The first kappa shape index (κ1) is 21.8. The number of aromatic nitrogens is 3. The monoisotopic (exact) mass is 519 g/mol. The van der Waals surface area contributed by atoms with E-state index in [1.54, 1.807) is 0 Å². The van der Waals surface area contributed by atoms with Crippen LogP contribution in [0.25, 0.3) is 0 Å². The SMILES string of the molecule is Nc1nc(C(=NO)C(=O)N[C@@H]2C(=O)N3C(C(=O)O)=C(Sc4cnns4)CSC23)c(Cl)s1. The van der Waals surface area contributed by atoms with Crippen molar-refractivity contribution in [3.05, 3.63) is 26.8 Å². The fourth-order valence-corrected chi connectivity index (χ4v) is 6.87. The molecule has 5 N–H and O–H groups in total. The number of nitrogens with zero attached hydrogens (tertiary/aromatic N) is 5. The zero-order valence-corrected chi connectivity index (χ0v) is 18.9. The van der Waals surface area contributed by atoms with Gasteiger partial charge in [-0.2, -0.15) is 0 Å². The van der Waals surface area contributed by atoms with Gasteiger partial charge >= 0.3 is 5.97 Å². The van der Waals surface area contributed by atoms with Gasteiger partial charge in [-0.1, -0.05) is 44.3 Å². The smallest absolute Gasteiger partial charge is 0.353 e. The van der Waals surface area contributed by atoms with E-state index in [0.29, 0.717) is 14.9 Å². The molecule has 1 fully saturated rings. The summed E-state index contributed by atoms with van der Waals surface area (Å²) in [4.78, 5) is 42.6. The topological polar surface area (TPSA) is 184 Å². The summed E-state index contributed by atoms with van der Waals surface area (Å²) in [5, 5.41) is 27.5. The number of carboxylic acids is 1. The number of β-lactam (4-membered cyclic amide) rings is 1. The van der Waals surface area contributed by atoms with Crippen molar-refractivity contribution in [2.75, 3.05) is 11.5 Å². The Morgan fingerprint density at radius 1 is 1.45 bits per heavy atom. The van der Waals surface area contributed by atoms with Crippen molar-refractivity contribution in [2.24, 2.45) is 5.16 Å². The van der Waals surface area contributed by atoms with Gasteiger partial charge < -0.3 is 21.4 Å². The maximum Gasteiger partial charge on any atom is 0.353 e. The van der Waals surface area contributed by atoms with Crippen LogP contribution in [0.5, 0.6) is 0 Å². The number of amides is 2. The normalized spacial score (nSPS) is 21.0. The predicted octanol–water partition coefficient (Wildman–Crippen LogP) is 0.897. The molecule has 4 rings (SSSR count). The second-order valence-electron chi connectivity index (χ2n) is 5.90. The third kappa shape index (κ3) is 3.96. The maximum absolute atomic E-state index is 12.7. The highest BCUT2D eigenvalue weighted by atomic mass is 35.5. The molecule has 2 aromatic heterocycles. The van der Waals surface area contributed by atoms with Crippen LogP contribution in [0, 0.1) is 0 Å². The molecule has 162 valence electrons. The largest absolute Gasteiger partial charge is 0.477 e. The molecule has 1 unspecified atom stereocenters. The van der Waals surface area contributed by atoms with Crippen molar-refractivity contribution < 1.29 is 24.7 Å². The van der Waals surface area contributed by atoms with Gasteiger partial charge in [0.1, 0.15) is 31.4 Å². The van der Waals surface area contributed by atoms with Gasteiger partial charge in [0, 0.05) is 10.7 Å². The van der Waals surface area contributed by atoms with Crippen molar-refractivity contribution in [3.63, 3.8) is 0 Å². The van der Waals surface area contributed by atoms with Gasteiger partial charge in [0.15, 0.2) is 10.8 Å². The maximum atomic E-state index is 12.7. The highest BCUT2D eigenvalue weighted by molar-refractivity contribution is 8.07. The summed E-state index contributed by atoms with van der Waals surface area (Å²) in [7, 11) is 0. The number of hydrogen-bond acceptors (Lipinski definition) is 13. The Kier molecular flexibility index (Phi) is 6.07. The van der Waals surface area contributed by atoms with E-state index in [4.69, 9.17) is 17.3 Å². The summed E-state index contributed by atoms with van der Waals surface area (Å²) in [6, 6.07) is -1.02. The number of carbonyl (C=O) groups excluding carboxylic acids is 2. The summed E-state index contributed by atoms with van der Waals surface area (Å²) in [6.07, 6.45) is 1.51. The lowest BCUT2D eigenvalue weighted by Gasteiger charge is -2.49. The van der Waals surface area contributed by atoms with Crippen LogP contribution in [0.4, 0.5) is 5.13 Å². The fraction of sp³-hybridized carbons (Fsp3) is 0.214. The molecule has 2 aromatic rings. The molecule has 2 atom stereocenters. The zero-order valence-electron chi connectivity index (χ0n) is 14.9. The average Bonchev–Trinajstić information content (AvgIpc) is 3.35. The molecule has 1 saturated heterocycles. The van der Waals surface area contributed by atoms with Crippen LogP contribution < -0.4 is 11.1 Å². The molecule has 0 spiro atoms. The first-order chi connectivity index (χ1) is 14.8. The number of nitrogens with two attached hydrogens (primary N) is 1. The van der Waals surface area contributed by atoms with Crippen LogP contribution in [0.2, 0.25) is 4.34 Å². The quantitative estimate of drug-likeness (QED) is 0.184. The molecule has 2 amide bonds. The number of halogens is 1. The molecule has 12 nitrogen and oxygen atoms in total. The summed E-state index contributed by atoms with van der Waals surface area (Å²) in [5.41, 5.74) is 4.77. The van der Waals surface area contributed by atoms with E-state index >= 15 is 0 Å². The van der Waals surface area contributed by atoms with Gasteiger partial charge in [-0.05, 0) is 11.5 Å². The van der Waals surface area contributed by atoms with Gasteiger partial charge in [-0.15, -0.1) is 16.9 Å². The number of aliphatic carboxylic acids is 1. The lowest BCUT2D eigenvalue weighted by molar-refractivity contribution is -0.150. The van der Waals surface area contributed by atoms with Crippen molar-refractivity contribution in [3.8, 4) is 0 Å². The van der Waals surface area contributed by atoms with E-state index in [9.17, 15) is 24.7 Å². The van der Waals surface area contributed by atoms with Gasteiger partial charge in [0.25, 0.3) is 11.8 Å². The second kappa shape index (κ2) is 8.62. The first-order valence-corrected chi connectivity index (χ1v) is 12.0. The fourth-order valence-electron chi connectivity index (χ4n) is 2.87. The van der Waals surface area contributed by atoms with Crippen molar-refractivity contribution >= 4 is 86.6 Å². The minimum atomic E-state index is -1.26. The van der Waals surface area contributed by atoms with E-state index in [-0.39, 0.29) is 20.9 Å². The summed E-state index contributed by atoms with van der Waals surface area (Å²) < 4.78 is 4.47. The highest BCUT2D eigenvalue weighted by Gasteiger charge is 2.54. The Morgan fingerprint density at radius 3 is 2.81 bits per heavy atom. The number of anilines is 1. The summed E-state index contributed by atoms with van der Waals surface area (Å²) in [6.45, 7) is 0. The number of carboxylic acid groups (broad SMARTS) is 1. The molecule has 2 aliphatic rings. The van der Waals surface area contributed by atoms with E-state index in [1.807, 2.05) is 0 Å². The van der Waals surface area contributed by atoms with Gasteiger partial charge in [0.05, 0.1) is 6.20 Å². The van der Waals surface area contributed by atoms with E-state index in [1.165, 1.54) is 29.7 Å². The van der Waals surface area contributed by atoms with Crippen LogP contribution in [0.15, 0.2) is 26.2 Å². The molecule has 0 aliphatic carbocycles. The number of thiazole rings is 1. The molecular weight excluding hydrogens is 510 g/mol. The number of oxime groups is 1. The molecule has 31 heavy (non-hydrogen) atoms. The molecule has 17 heteroatoms. The number of hydrogen-bond donors (Lipinski definition) is 4. The minimum absolute atomic E-state index is 0.0457. The third-order valence-corrected chi connectivity index (χ3v) is 8.50. The third-order valence-electron chi connectivity index (χ3n) is 4.13. The lowest BCUT2D eigenvalue weighted by atomic mass is 10.0. The molecule has 2 aliphatic heterocycles. The van der Waals surface area contributed by atoms with Crippen molar-refractivity contribution in [1.82, 2.24) is 24.8 Å². The molecular formula is C14H10ClN7O5S4. The van der Waals surface area contributed by atoms with Crippen LogP contribution in [0.3, 0.4) is 0 Å². The highest BCUT2D eigenvalue weighted by Crippen LogP contribution is 2.45. The molecule has 0 aromatic carbocycles. The van der Waals surface area contributed by atoms with Crippen LogP contribution in [-0.2, 0) is 14.4 Å². The van der Waals surface area contributed by atoms with Crippen LogP contribution in [0.1, 0.15) is 5.69 Å². The Morgan fingerprint density at radius 2 is 2.23 bits per heavy atom. The van der Waals surface area contributed by atoms with E-state index in [2.05, 4.69) is 25.0 Å². The molecule has 4 heterocycles. The number of nitrogens with one attached hydrogen (secondary N) is 1. The van der Waals surface area contributed by atoms with Gasteiger partial charge in [0.2, 0.25) is 0 Å². The Bertz CT molecular complexity index is 1130. The standard InChI is InChI=1S/C14H10ClN7O5S4/c15-9-5(19-14(16)30-9)6(20-27)10(23)18-7-11(24)22-8(13(25)26)3(2-28-12(7)22)29-4-1-17-21-31-4/h1,7,12,27H,2H2,(H2,16,19)(H,18,23)(H,25,26)/t7-,12?/m1/s1. The Labute approximate surface area is 194 Å². The zero-order chi connectivity index (χ0) is 22.3. The average molecular weight is 520 g/mol. The van der Waals surface area contributed by atoms with Crippen molar-refractivity contribution in [2.45, 2.75) is 15.6 Å². The summed E-state index contributed by atoms with van der Waals surface area (Å²) in [5.74, 6) is -2.46. The van der Waals surface area contributed by atoms with Crippen LogP contribution in [-0.4, -0.2) is 70.4 Å². The number of fused-ring (bicyclic) bond motifs is 1. The Hall–Kier alpha value is -2.40. The van der Waals surface area contributed by atoms with E-state index < -0.39 is 34.9 Å². The summed E-state index contributed by atoms with van der Waals surface area (Å²) >= 11 is 10.4. The van der Waals surface area contributed by atoms with Crippen LogP contribution >= 0.6 is 58.0 Å². The number of thioether (sulfide) groups is 2. The number of rotatable bonds is 6. The molecule has 0 bridgehead atoms. The second-order valence-corrected chi connectivity index (χ2v) is 10.8.